The molecule has 1 unspecified atom stereocenters. The summed E-state index contributed by atoms with van der Waals surface area (Å²) in [6.07, 6.45) is 0. The molecule has 0 spiro atoms. The maximum absolute atomic E-state index is 12.7. The summed E-state index contributed by atoms with van der Waals surface area (Å²) in [4.78, 5) is 17.4. The average Bonchev–Trinajstić information content (AvgIpc) is 2.75. The number of benzene rings is 2. The molecule has 28 heavy (non-hydrogen) atoms. The van der Waals surface area contributed by atoms with E-state index in [9.17, 15) is 4.79 Å². The highest BCUT2D eigenvalue weighted by Crippen LogP contribution is 2.24. The van der Waals surface area contributed by atoms with Crippen molar-refractivity contribution < 1.29 is 14.3 Å². The Balaban J connectivity index is 1.73. The molecule has 2 aromatic carbocycles. The second-order valence-corrected chi connectivity index (χ2v) is 7.07. The van der Waals surface area contributed by atoms with Crippen molar-refractivity contribution in [1.82, 2.24) is 15.1 Å². The van der Waals surface area contributed by atoms with E-state index in [0.29, 0.717) is 17.9 Å². The molecule has 1 amide bonds. The third-order valence-corrected chi connectivity index (χ3v) is 5.27. The summed E-state index contributed by atoms with van der Waals surface area (Å²) in [6, 6.07) is 15.5. The van der Waals surface area contributed by atoms with Crippen LogP contribution in [0.2, 0.25) is 0 Å². The zero-order valence-electron chi connectivity index (χ0n) is 16.9. The van der Waals surface area contributed by atoms with E-state index in [-0.39, 0.29) is 11.9 Å². The summed E-state index contributed by atoms with van der Waals surface area (Å²) in [7, 11) is 5.41. The van der Waals surface area contributed by atoms with Gasteiger partial charge in [-0.1, -0.05) is 18.2 Å². The van der Waals surface area contributed by atoms with Crippen molar-refractivity contribution in [1.29, 1.82) is 0 Å². The molecule has 150 valence electrons. The smallest absolute Gasteiger partial charge is 0.251 e. The van der Waals surface area contributed by atoms with Crippen molar-refractivity contribution in [2.24, 2.45) is 0 Å². The number of hydrogen-bond donors (Lipinski definition) is 1. The molecule has 2 aromatic rings. The minimum Gasteiger partial charge on any atom is -0.497 e. The Hall–Kier alpha value is -2.57. The third-order valence-electron chi connectivity index (χ3n) is 5.27. The average molecular weight is 383 g/mol. The van der Waals surface area contributed by atoms with Gasteiger partial charge < -0.3 is 19.7 Å². The SMILES string of the molecule is COc1ccc(C(CNC(=O)c2cccc(OC)c2)N2CCN(C)CC2)cc1. The van der Waals surface area contributed by atoms with E-state index < -0.39 is 0 Å². The molecule has 0 radical (unpaired) electrons. The van der Waals surface area contributed by atoms with E-state index in [1.54, 1.807) is 26.4 Å². The Morgan fingerprint density at radius 1 is 1.00 bits per heavy atom. The van der Waals surface area contributed by atoms with Crippen LogP contribution in [0.15, 0.2) is 48.5 Å². The van der Waals surface area contributed by atoms with Crippen molar-refractivity contribution in [3.8, 4) is 11.5 Å². The second kappa shape index (κ2) is 9.57. The lowest BCUT2D eigenvalue weighted by atomic mass is 10.0. The number of rotatable bonds is 7. The van der Waals surface area contributed by atoms with Crippen LogP contribution >= 0.6 is 0 Å². The first-order chi connectivity index (χ1) is 13.6. The van der Waals surface area contributed by atoms with Crippen LogP contribution < -0.4 is 14.8 Å². The summed E-state index contributed by atoms with van der Waals surface area (Å²) < 4.78 is 10.5. The molecule has 1 fully saturated rings. The van der Waals surface area contributed by atoms with Gasteiger partial charge in [0.15, 0.2) is 0 Å². The quantitative estimate of drug-likeness (QED) is 0.796. The lowest BCUT2D eigenvalue weighted by Crippen LogP contribution is -2.48. The predicted octanol–water partition coefficient (Wildman–Crippen LogP) is 2.42. The van der Waals surface area contributed by atoms with Crippen molar-refractivity contribution >= 4 is 5.91 Å². The van der Waals surface area contributed by atoms with Gasteiger partial charge in [-0.3, -0.25) is 9.69 Å². The van der Waals surface area contributed by atoms with Gasteiger partial charge in [-0.2, -0.15) is 0 Å². The van der Waals surface area contributed by atoms with E-state index in [2.05, 4.69) is 34.3 Å². The monoisotopic (exact) mass is 383 g/mol. The minimum atomic E-state index is -0.0912. The first-order valence-corrected chi connectivity index (χ1v) is 9.59. The van der Waals surface area contributed by atoms with Gasteiger partial charge in [-0.05, 0) is 42.9 Å². The van der Waals surface area contributed by atoms with Crippen LogP contribution in [0.3, 0.4) is 0 Å². The molecule has 3 rings (SSSR count). The number of ether oxygens (including phenoxy) is 2. The Bertz CT molecular complexity index is 771. The van der Waals surface area contributed by atoms with Crippen LogP contribution in [0.5, 0.6) is 11.5 Å². The van der Waals surface area contributed by atoms with E-state index in [1.807, 2.05) is 24.3 Å². The van der Waals surface area contributed by atoms with E-state index in [0.717, 1.165) is 31.9 Å². The standard InChI is InChI=1S/C22H29N3O3/c1-24-11-13-25(14-12-24)21(17-7-9-19(27-2)10-8-17)16-23-22(26)18-5-4-6-20(15-18)28-3/h4-10,15,21H,11-14,16H2,1-3H3,(H,23,26). The number of hydrogen-bond acceptors (Lipinski definition) is 5. The van der Waals surface area contributed by atoms with Crippen LogP contribution in [0.4, 0.5) is 0 Å². The molecule has 1 aliphatic rings. The summed E-state index contributed by atoms with van der Waals surface area (Å²) >= 11 is 0. The molecule has 0 aliphatic carbocycles. The van der Waals surface area contributed by atoms with Crippen LogP contribution in [0.1, 0.15) is 22.0 Å². The number of carbonyl (C=O) groups is 1. The van der Waals surface area contributed by atoms with Crippen LogP contribution in [-0.4, -0.2) is 69.7 Å². The van der Waals surface area contributed by atoms with Gasteiger partial charge in [0.2, 0.25) is 0 Å². The largest absolute Gasteiger partial charge is 0.497 e. The van der Waals surface area contributed by atoms with Crippen molar-refractivity contribution in [3.05, 3.63) is 59.7 Å². The Kier molecular flexibility index (Phi) is 6.90. The van der Waals surface area contributed by atoms with Crippen molar-refractivity contribution in [2.45, 2.75) is 6.04 Å². The van der Waals surface area contributed by atoms with E-state index in [4.69, 9.17) is 9.47 Å². The van der Waals surface area contributed by atoms with E-state index in [1.165, 1.54) is 5.56 Å². The second-order valence-electron chi connectivity index (χ2n) is 7.07. The first-order valence-electron chi connectivity index (χ1n) is 9.59. The van der Waals surface area contributed by atoms with Gasteiger partial charge in [0, 0.05) is 38.3 Å². The van der Waals surface area contributed by atoms with Gasteiger partial charge in [0.1, 0.15) is 11.5 Å². The Morgan fingerprint density at radius 2 is 1.68 bits per heavy atom. The highest BCUT2D eigenvalue weighted by Gasteiger charge is 2.24. The molecule has 6 nitrogen and oxygen atoms in total. The summed E-state index contributed by atoms with van der Waals surface area (Å²) in [5, 5.41) is 3.10. The molecule has 6 heteroatoms. The normalized spacial score (nSPS) is 16.4. The highest BCUT2D eigenvalue weighted by atomic mass is 16.5. The summed E-state index contributed by atoms with van der Waals surface area (Å²) in [6.45, 7) is 4.55. The van der Waals surface area contributed by atoms with Crippen LogP contribution in [-0.2, 0) is 0 Å². The predicted molar refractivity (Wildman–Crippen MR) is 110 cm³/mol. The summed E-state index contributed by atoms with van der Waals surface area (Å²) in [5.41, 5.74) is 1.78. The molecule has 0 aromatic heterocycles. The minimum absolute atomic E-state index is 0.0912. The number of amides is 1. The highest BCUT2D eigenvalue weighted by molar-refractivity contribution is 5.94. The van der Waals surface area contributed by atoms with Gasteiger partial charge in [-0.15, -0.1) is 0 Å². The molecule has 1 saturated heterocycles. The van der Waals surface area contributed by atoms with Crippen LogP contribution in [0.25, 0.3) is 0 Å². The maximum Gasteiger partial charge on any atom is 0.251 e. The summed E-state index contributed by atoms with van der Waals surface area (Å²) in [5.74, 6) is 1.42. The fraction of sp³-hybridized carbons (Fsp3) is 0.409. The molecular formula is C22H29N3O3. The third kappa shape index (κ3) is 5.03. The van der Waals surface area contributed by atoms with Gasteiger partial charge >= 0.3 is 0 Å². The Morgan fingerprint density at radius 3 is 2.32 bits per heavy atom. The molecule has 0 bridgehead atoms. The zero-order valence-corrected chi connectivity index (χ0v) is 16.9. The van der Waals surface area contributed by atoms with Gasteiger partial charge in [0.05, 0.1) is 20.3 Å². The fourth-order valence-electron chi connectivity index (χ4n) is 3.47. The number of methoxy groups -OCH3 is 2. The van der Waals surface area contributed by atoms with Gasteiger partial charge in [-0.25, -0.2) is 0 Å². The fourth-order valence-corrected chi connectivity index (χ4v) is 3.47. The van der Waals surface area contributed by atoms with Crippen molar-refractivity contribution in [3.63, 3.8) is 0 Å². The number of carbonyl (C=O) groups excluding carboxylic acids is 1. The Labute approximate surface area is 167 Å². The topological polar surface area (TPSA) is 54.0 Å². The molecular weight excluding hydrogens is 354 g/mol. The number of piperazine rings is 1. The molecule has 1 heterocycles. The molecule has 1 N–H and O–H groups in total. The van der Waals surface area contributed by atoms with Gasteiger partial charge in [0.25, 0.3) is 5.91 Å². The van der Waals surface area contributed by atoms with Crippen LogP contribution in [0, 0.1) is 0 Å². The lowest BCUT2D eigenvalue weighted by Gasteiger charge is -2.38. The zero-order chi connectivity index (χ0) is 19.9. The number of nitrogens with one attached hydrogen (secondary N) is 1. The molecule has 0 saturated carbocycles. The van der Waals surface area contributed by atoms with Crippen molar-refractivity contribution in [2.75, 3.05) is 54.0 Å². The molecule has 1 aliphatic heterocycles. The lowest BCUT2D eigenvalue weighted by molar-refractivity contribution is 0.0886. The number of likely N-dealkylation sites (N-methyl/N-ethyl adjacent to an activating group) is 1. The number of nitrogens with zero attached hydrogens (tertiary/aromatic N) is 2. The maximum atomic E-state index is 12.7. The van der Waals surface area contributed by atoms with E-state index >= 15 is 0 Å². The first kappa shape index (κ1) is 20.2. The molecule has 1 atom stereocenters.